The summed E-state index contributed by atoms with van der Waals surface area (Å²) < 4.78 is 0. The lowest BCUT2D eigenvalue weighted by atomic mass is 9.67. The third-order valence-corrected chi connectivity index (χ3v) is 4.23. The molecule has 0 aromatic carbocycles. The molecule has 3 heteroatoms. The van der Waals surface area contributed by atoms with E-state index in [-0.39, 0.29) is 11.8 Å². The van der Waals surface area contributed by atoms with Gasteiger partial charge in [0.05, 0.1) is 6.61 Å². The summed E-state index contributed by atoms with van der Waals surface area (Å²) in [6.45, 7) is 2.43. The van der Waals surface area contributed by atoms with Crippen LogP contribution < -0.4 is 5.48 Å². The molecule has 0 aromatic rings. The minimum atomic E-state index is 0.103. The lowest BCUT2D eigenvalue weighted by Gasteiger charge is -2.38. The molecule has 0 spiro atoms. The highest BCUT2D eigenvalue weighted by Crippen LogP contribution is 2.42. The molecule has 3 atom stereocenters. The highest BCUT2D eigenvalue weighted by molar-refractivity contribution is 5.77. The van der Waals surface area contributed by atoms with E-state index >= 15 is 0 Å². The van der Waals surface area contributed by atoms with Gasteiger partial charge in [-0.2, -0.15) is 0 Å². The minimum Gasteiger partial charge on any atom is -0.274 e. The van der Waals surface area contributed by atoms with Crippen LogP contribution in [0.15, 0.2) is 0 Å². The van der Waals surface area contributed by atoms with Crippen LogP contribution in [-0.2, 0) is 9.63 Å². The average molecular weight is 225 g/mol. The normalized spacial score (nSPS) is 34.2. The Balaban J connectivity index is 1.82. The number of hydroxylamine groups is 1. The molecule has 0 aromatic heterocycles. The monoisotopic (exact) mass is 225 g/mol. The van der Waals surface area contributed by atoms with Gasteiger partial charge in [0, 0.05) is 5.92 Å². The average Bonchev–Trinajstić information content (AvgIpc) is 2.35. The van der Waals surface area contributed by atoms with Gasteiger partial charge in [-0.15, -0.1) is 0 Å². The number of amides is 1. The second kappa shape index (κ2) is 5.67. The summed E-state index contributed by atoms with van der Waals surface area (Å²) in [4.78, 5) is 16.8. The molecule has 2 rings (SSSR count). The van der Waals surface area contributed by atoms with Crippen LogP contribution in [0.4, 0.5) is 0 Å². The third kappa shape index (κ3) is 2.76. The molecule has 3 nitrogen and oxygen atoms in total. The SMILES string of the molecule is CCONC(=O)C1CCC2CCCCC2C1. The lowest BCUT2D eigenvalue weighted by molar-refractivity contribution is -0.139. The predicted molar refractivity (Wildman–Crippen MR) is 62.6 cm³/mol. The topological polar surface area (TPSA) is 38.3 Å². The molecule has 2 aliphatic rings. The van der Waals surface area contributed by atoms with E-state index in [0.717, 1.165) is 24.7 Å². The first kappa shape index (κ1) is 11.9. The van der Waals surface area contributed by atoms with Crippen molar-refractivity contribution in [3.05, 3.63) is 0 Å². The third-order valence-electron chi connectivity index (χ3n) is 4.23. The number of carbonyl (C=O) groups excluding carboxylic acids is 1. The van der Waals surface area contributed by atoms with E-state index in [4.69, 9.17) is 4.84 Å². The van der Waals surface area contributed by atoms with Crippen molar-refractivity contribution in [2.24, 2.45) is 17.8 Å². The van der Waals surface area contributed by atoms with E-state index < -0.39 is 0 Å². The first-order valence-corrected chi connectivity index (χ1v) is 6.73. The Morgan fingerprint density at radius 2 is 1.94 bits per heavy atom. The van der Waals surface area contributed by atoms with E-state index in [9.17, 15) is 4.79 Å². The van der Waals surface area contributed by atoms with E-state index in [2.05, 4.69) is 5.48 Å². The van der Waals surface area contributed by atoms with E-state index in [0.29, 0.717) is 6.61 Å². The molecule has 16 heavy (non-hydrogen) atoms. The van der Waals surface area contributed by atoms with Gasteiger partial charge in [0.25, 0.3) is 0 Å². The maximum atomic E-state index is 11.8. The summed E-state index contributed by atoms with van der Waals surface area (Å²) in [7, 11) is 0. The molecule has 2 fully saturated rings. The van der Waals surface area contributed by atoms with Crippen molar-refractivity contribution >= 4 is 5.91 Å². The van der Waals surface area contributed by atoms with E-state index in [1.807, 2.05) is 6.92 Å². The standard InChI is InChI=1S/C13H23NO2/c1-2-16-14-13(15)12-8-7-10-5-3-4-6-11(10)9-12/h10-12H,2-9H2,1H3,(H,14,15). The number of fused-ring (bicyclic) bond motifs is 1. The molecule has 1 N–H and O–H groups in total. The van der Waals surface area contributed by atoms with Crippen LogP contribution in [0, 0.1) is 17.8 Å². The molecule has 0 heterocycles. The van der Waals surface area contributed by atoms with Crippen LogP contribution in [0.3, 0.4) is 0 Å². The maximum Gasteiger partial charge on any atom is 0.246 e. The van der Waals surface area contributed by atoms with Crippen molar-refractivity contribution in [1.82, 2.24) is 5.48 Å². The van der Waals surface area contributed by atoms with Gasteiger partial charge in [0.15, 0.2) is 0 Å². The van der Waals surface area contributed by atoms with Crippen LogP contribution in [0.1, 0.15) is 51.9 Å². The number of hydrogen-bond acceptors (Lipinski definition) is 2. The van der Waals surface area contributed by atoms with Gasteiger partial charge in [-0.3, -0.25) is 9.63 Å². The summed E-state index contributed by atoms with van der Waals surface area (Å²) in [5, 5.41) is 0. The van der Waals surface area contributed by atoms with Crippen molar-refractivity contribution < 1.29 is 9.63 Å². The summed E-state index contributed by atoms with van der Waals surface area (Å²) in [6, 6.07) is 0. The summed E-state index contributed by atoms with van der Waals surface area (Å²) >= 11 is 0. The van der Waals surface area contributed by atoms with Crippen LogP contribution in [0.25, 0.3) is 0 Å². The van der Waals surface area contributed by atoms with E-state index in [1.165, 1.54) is 32.1 Å². The molecule has 2 saturated carbocycles. The van der Waals surface area contributed by atoms with Gasteiger partial charge < -0.3 is 0 Å². The Bertz CT molecular complexity index is 242. The van der Waals surface area contributed by atoms with Crippen molar-refractivity contribution in [3.8, 4) is 0 Å². The van der Waals surface area contributed by atoms with Crippen LogP contribution in [-0.4, -0.2) is 12.5 Å². The smallest absolute Gasteiger partial charge is 0.246 e. The van der Waals surface area contributed by atoms with Crippen molar-refractivity contribution in [1.29, 1.82) is 0 Å². The second-order valence-electron chi connectivity index (χ2n) is 5.21. The number of nitrogens with one attached hydrogen (secondary N) is 1. The fraction of sp³-hybridized carbons (Fsp3) is 0.923. The molecule has 0 radical (unpaired) electrons. The Kier molecular flexibility index (Phi) is 4.22. The van der Waals surface area contributed by atoms with Gasteiger partial charge >= 0.3 is 0 Å². The lowest BCUT2D eigenvalue weighted by Crippen LogP contribution is -2.37. The van der Waals surface area contributed by atoms with Gasteiger partial charge in [0.1, 0.15) is 0 Å². The van der Waals surface area contributed by atoms with Crippen molar-refractivity contribution in [2.75, 3.05) is 6.61 Å². The van der Waals surface area contributed by atoms with Crippen LogP contribution in [0.5, 0.6) is 0 Å². The van der Waals surface area contributed by atoms with Crippen molar-refractivity contribution in [2.45, 2.75) is 51.9 Å². The first-order valence-electron chi connectivity index (χ1n) is 6.73. The number of carbonyl (C=O) groups is 1. The zero-order chi connectivity index (χ0) is 11.4. The van der Waals surface area contributed by atoms with Gasteiger partial charge in [-0.25, -0.2) is 5.48 Å². The molecule has 1 amide bonds. The predicted octanol–water partition coefficient (Wildman–Crippen LogP) is 2.66. The summed E-state index contributed by atoms with van der Waals surface area (Å²) in [5.41, 5.74) is 2.56. The largest absolute Gasteiger partial charge is 0.274 e. The van der Waals surface area contributed by atoms with Gasteiger partial charge in [0.2, 0.25) is 5.91 Å². The Morgan fingerprint density at radius 1 is 1.19 bits per heavy atom. The van der Waals surface area contributed by atoms with Crippen LogP contribution in [0.2, 0.25) is 0 Å². The minimum absolute atomic E-state index is 0.103. The quantitative estimate of drug-likeness (QED) is 0.750. The molecular formula is C13H23NO2. The van der Waals surface area contributed by atoms with Crippen molar-refractivity contribution in [3.63, 3.8) is 0 Å². The molecular weight excluding hydrogens is 202 g/mol. The Labute approximate surface area is 97.9 Å². The molecule has 0 aliphatic heterocycles. The molecule has 92 valence electrons. The highest BCUT2D eigenvalue weighted by atomic mass is 16.6. The molecule has 2 aliphatic carbocycles. The molecule has 3 unspecified atom stereocenters. The summed E-state index contributed by atoms with van der Waals surface area (Å²) in [6.07, 6.45) is 8.88. The maximum absolute atomic E-state index is 11.8. The Hall–Kier alpha value is -0.570. The fourth-order valence-electron chi connectivity index (χ4n) is 3.34. The highest BCUT2D eigenvalue weighted by Gasteiger charge is 2.34. The van der Waals surface area contributed by atoms with E-state index in [1.54, 1.807) is 0 Å². The zero-order valence-electron chi connectivity index (χ0n) is 10.2. The first-order chi connectivity index (χ1) is 7.81. The van der Waals surface area contributed by atoms with Gasteiger partial charge in [-0.05, 0) is 38.0 Å². The van der Waals surface area contributed by atoms with Crippen LogP contribution >= 0.6 is 0 Å². The number of rotatable bonds is 3. The summed E-state index contributed by atoms with van der Waals surface area (Å²) in [5.74, 6) is 2.02. The molecule has 0 saturated heterocycles. The number of hydrogen-bond donors (Lipinski definition) is 1. The molecule has 0 bridgehead atoms. The zero-order valence-corrected chi connectivity index (χ0v) is 10.2. The fourth-order valence-corrected chi connectivity index (χ4v) is 3.34. The van der Waals surface area contributed by atoms with Gasteiger partial charge in [-0.1, -0.05) is 25.7 Å². The Morgan fingerprint density at radius 3 is 2.69 bits per heavy atom. The second-order valence-corrected chi connectivity index (χ2v) is 5.21.